The van der Waals surface area contributed by atoms with E-state index >= 15 is 0 Å². The summed E-state index contributed by atoms with van der Waals surface area (Å²) in [5.41, 5.74) is 0. The Labute approximate surface area is 113 Å². The predicted octanol–water partition coefficient (Wildman–Crippen LogP) is 1.18. The number of nitrogens with one attached hydrogen (secondary N) is 1. The van der Waals surface area contributed by atoms with E-state index in [9.17, 15) is 14.7 Å². The number of aliphatic carboxylic acids is 1. The van der Waals surface area contributed by atoms with E-state index in [0.29, 0.717) is 0 Å². The van der Waals surface area contributed by atoms with Crippen molar-refractivity contribution in [3.05, 3.63) is 0 Å². The van der Waals surface area contributed by atoms with Crippen LogP contribution in [-0.2, 0) is 4.79 Å². The smallest absolute Gasteiger partial charge is 0.328 e. The summed E-state index contributed by atoms with van der Waals surface area (Å²) in [7, 11) is 1.69. The topological polar surface area (TPSA) is 89.9 Å². The molecule has 2 amide bonds. The number of hydrogen-bond acceptors (Lipinski definition) is 3. The molecule has 1 aliphatic rings. The van der Waals surface area contributed by atoms with E-state index in [1.165, 1.54) is 19.8 Å². The van der Waals surface area contributed by atoms with Crippen molar-refractivity contribution >= 4 is 12.0 Å². The van der Waals surface area contributed by atoms with Crippen LogP contribution in [0.2, 0.25) is 0 Å². The Morgan fingerprint density at radius 1 is 1.21 bits per heavy atom. The standard InChI is InChI=1S/C13H24N2O4/c1-9(16)11(12(17)18)14-13(19)15(2)10-7-5-3-4-6-8-10/h9-11,16H,3-8H2,1-2H3,(H,14,19)(H,17,18)/t9-,11+/m1/s1. The van der Waals surface area contributed by atoms with Crippen molar-refractivity contribution in [1.29, 1.82) is 0 Å². The van der Waals surface area contributed by atoms with E-state index in [0.717, 1.165) is 25.7 Å². The highest BCUT2D eigenvalue weighted by Crippen LogP contribution is 2.21. The van der Waals surface area contributed by atoms with Gasteiger partial charge in [-0.25, -0.2) is 9.59 Å². The second-order valence-electron chi connectivity index (χ2n) is 5.26. The third-order valence-electron chi connectivity index (χ3n) is 3.72. The zero-order valence-corrected chi connectivity index (χ0v) is 11.6. The first-order valence-corrected chi connectivity index (χ1v) is 6.87. The Hall–Kier alpha value is -1.30. The number of urea groups is 1. The molecule has 0 spiro atoms. The van der Waals surface area contributed by atoms with E-state index in [2.05, 4.69) is 5.32 Å². The van der Waals surface area contributed by atoms with Gasteiger partial charge in [0.1, 0.15) is 0 Å². The van der Waals surface area contributed by atoms with Gasteiger partial charge in [-0.1, -0.05) is 25.7 Å². The van der Waals surface area contributed by atoms with Crippen molar-refractivity contribution in [3.63, 3.8) is 0 Å². The van der Waals surface area contributed by atoms with Crippen LogP contribution in [0.5, 0.6) is 0 Å². The van der Waals surface area contributed by atoms with Crippen molar-refractivity contribution < 1.29 is 19.8 Å². The zero-order chi connectivity index (χ0) is 14.4. The van der Waals surface area contributed by atoms with Gasteiger partial charge in [0.15, 0.2) is 6.04 Å². The SMILES string of the molecule is C[C@@H](O)[C@H](NC(=O)N(C)C1CCCCCC1)C(=O)O. The maximum atomic E-state index is 12.0. The summed E-state index contributed by atoms with van der Waals surface area (Å²) < 4.78 is 0. The molecule has 1 fully saturated rings. The van der Waals surface area contributed by atoms with Crippen molar-refractivity contribution in [2.24, 2.45) is 0 Å². The second kappa shape index (κ2) is 7.33. The van der Waals surface area contributed by atoms with Gasteiger partial charge in [0.25, 0.3) is 0 Å². The van der Waals surface area contributed by atoms with Crippen LogP contribution in [0.3, 0.4) is 0 Å². The third kappa shape index (κ3) is 4.70. The number of amides is 2. The van der Waals surface area contributed by atoms with Crippen molar-refractivity contribution in [2.75, 3.05) is 7.05 Å². The first kappa shape index (κ1) is 15.8. The summed E-state index contributed by atoms with van der Waals surface area (Å²) >= 11 is 0. The third-order valence-corrected chi connectivity index (χ3v) is 3.72. The van der Waals surface area contributed by atoms with Gasteiger partial charge in [-0.3, -0.25) is 0 Å². The molecule has 0 aliphatic heterocycles. The summed E-state index contributed by atoms with van der Waals surface area (Å²) in [6, 6.07) is -1.54. The number of carboxylic acid groups (broad SMARTS) is 1. The molecule has 0 heterocycles. The van der Waals surface area contributed by atoms with Gasteiger partial charge in [0, 0.05) is 13.1 Å². The lowest BCUT2D eigenvalue weighted by Gasteiger charge is -2.29. The Balaban J connectivity index is 2.57. The highest BCUT2D eigenvalue weighted by Gasteiger charge is 2.28. The maximum absolute atomic E-state index is 12.0. The first-order chi connectivity index (χ1) is 8.93. The first-order valence-electron chi connectivity index (χ1n) is 6.87. The Bertz CT molecular complexity index is 312. The van der Waals surface area contributed by atoms with Gasteiger partial charge in [0.2, 0.25) is 0 Å². The fraction of sp³-hybridized carbons (Fsp3) is 0.846. The fourth-order valence-corrected chi connectivity index (χ4v) is 2.43. The summed E-state index contributed by atoms with van der Waals surface area (Å²) in [5.74, 6) is -1.22. The number of carbonyl (C=O) groups excluding carboxylic acids is 1. The van der Waals surface area contributed by atoms with Crippen molar-refractivity contribution in [2.45, 2.75) is 63.6 Å². The van der Waals surface area contributed by atoms with Crippen LogP contribution in [0.15, 0.2) is 0 Å². The van der Waals surface area contributed by atoms with E-state index in [-0.39, 0.29) is 6.04 Å². The molecule has 1 rings (SSSR count). The van der Waals surface area contributed by atoms with E-state index in [1.807, 2.05) is 0 Å². The van der Waals surface area contributed by atoms with Crippen molar-refractivity contribution in [1.82, 2.24) is 10.2 Å². The molecule has 6 nitrogen and oxygen atoms in total. The second-order valence-corrected chi connectivity index (χ2v) is 5.26. The van der Waals surface area contributed by atoms with Crippen LogP contribution in [-0.4, -0.2) is 52.3 Å². The number of carbonyl (C=O) groups is 2. The van der Waals surface area contributed by atoms with Gasteiger partial charge >= 0.3 is 12.0 Å². The minimum absolute atomic E-state index is 0.158. The summed E-state index contributed by atoms with van der Waals surface area (Å²) in [6.07, 6.45) is 5.37. The number of aliphatic hydroxyl groups is 1. The molecule has 0 bridgehead atoms. The molecule has 110 valence electrons. The molecule has 6 heteroatoms. The number of rotatable bonds is 4. The lowest BCUT2D eigenvalue weighted by atomic mass is 10.1. The Morgan fingerprint density at radius 3 is 2.16 bits per heavy atom. The van der Waals surface area contributed by atoms with Gasteiger partial charge in [-0.2, -0.15) is 0 Å². The molecular weight excluding hydrogens is 248 g/mol. The quantitative estimate of drug-likeness (QED) is 0.670. The molecule has 3 N–H and O–H groups in total. The van der Waals surface area contributed by atoms with Crippen LogP contribution in [0.4, 0.5) is 4.79 Å². The van der Waals surface area contributed by atoms with E-state index < -0.39 is 24.1 Å². The Kier molecular flexibility index (Phi) is 6.08. The van der Waals surface area contributed by atoms with E-state index in [4.69, 9.17) is 5.11 Å². The predicted molar refractivity (Wildman–Crippen MR) is 70.9 cm³/mol. The van der Waals surface area contributed by atoms with Crippen LogP contribution in [0.25, 0.3) is 0 Å². The molecule has 0 unspecified atom stereocenters. The minimum atomic E-state index is -1.26. The number of nitrogens with zero attached hydrogens (tertiary/aromatic N) is 1. The molecule has 0 aromatic rings. The summed E-state index contributed by atoms with van der Waals surface area (Å²) in [4.78, 5) is 24.5. The highest BCUT2D eigenvalue weighted by molar-refractivity contribution is 5.83. The number of carboxylic acids is 1. The number of hydrogen-bond donors (Lipinski definition) is 3. The monoisotopic (exact) mass is 272 g/mol. The van der Waals surface area contributed by atoms with Crippen LogP contribution < -0.4 is 5.32 Å². The fourth-order valence-electron chi connectivity index (χ4n) is 2.43. The molecule has 0 radical (unpaired) electrons. The molecule has 19 heavy (non-hydrogen) atoms. The minimum Gasteiger partial charge on any atom is -0.480 e. The van der Waals surface area contributed by atoms with Gasteiger partial charge in [-0.05, 0) is 19.8 Å². The van der Waals surface area contributed by atoms with Crippen LogP contribution >= 0.6 is 0 Å². The lowest BCUT2D eigenvalue weighted by Crippen LogP contribution is -2.53. The highest BCUT2D eigenvalue weighted by atomic mass is 16.4. The largest absolute Gasteiger partial charge is 0.480 e. The summed E-state index contributed by atoms with van der Waals surface area (Å²) in [6.45, 7) is 1.35. The van der Waals surface area contributed by atoms with Crippen molar-refractivity contribution in [3.8, 4) is 0 Å². The van der Waals surface area contributed by atoms with Gasteiger partial charge in [0.05, 0.1) is 6.10 Å². The molecule has 1 saturated carbocycles. The van der Waals surface area contributed by atoms with Crippen LogP contribution in [0, 0.1) is 0 Å². The van der Waals surface area contributed by atoms with Crippen LogP contribution in [0.1, 0.15) is 45.4 Å². The molecule has 2 atom stereocenters. The average Bonchev–Trinajstić information content (AvgIpc) is 2.62. The summed E-state index contributed by atoms with van der Waals surface area (Å²) in [5, 5.41) is 20.7. The zero-order valence-electron chi connectivity index (χ0n) is 11.6. The van der Waals surface area contributed by atoms with Gasteiger partial charge in [-0.15, -0.1) is 0 Å². The lowest BCUT2D eigenvalue weighted by molar-refractivity contribution is -0.141. The molecular formula is C13H24N2O4. The number of aliphatic hydroxyl groups excluding tert-OH is 1. The molecule has 0 saturated heterocycles. The van der Waals surface area contributed by atoms with E-state index in [1.54, 1.807) is 11.9 Å². The normalized spacial score (nSPS) is 20.2. The molecule has 1 aliphatic carbocycles. The molecule has 0 aromatic heterocycles. The average molecular weight is 272 g/mol. The maximum Gasteiger partial charge on any atom is 0.328 e. The van der Waals surface area contributed by atoms with Gasteiger partial charge < -0.3 is 20.4 Å². The Morgan fingerprint density at radius 2 is 1.74 bits per heavy atom. The molecule has 0 aromatic carbocycles.